The predicted octanol–water partition coefficient (Wildman–Crippen LogP) is 3.74. The molecule has 1 aliphatic heterocycles. The number of likely N-dealkylation sites (tertiary alicyclic amines) is 1. The minimum atomic E-state index is -0.695. The third-order valence-corrected chi connectivity index (χ3v) is 6.33. The summed E-state index contributed by atoms with van der Waals surface area (Å²) in [6.45, 7) is 1.18. The maximum absolute atomic E-state index is 14.9. The summed E-state index contributed by atoms with van der Waals surface area (Å²) in [6, 6.07) is 10.3. The summed E-state index contributed by atoms with van der Waals surface area (Å²) in [4.78, 5) is 27.2. The molecule has 36 heavy (non-hydrogen) atoms. The molecule has 188 valence electrons. The van der Waals surface area contributed by atoms with E-state index in [9.17, 15) is 19.1 Å². The molecule has 2 heterocycles. The lowest BCUT2D eigenvalue weighted by atomic mass is 10.1. The van der Waals surface area contributed by atoms with Crippen molar-refractivity contribution in [3.63, 3.8) is 0 Å². The molecule has 2 amide bonds. The molecular weight excluding hydrogens is 467 g/mol. The van der Waals surface area contributed by atoms with Gasteiger partial charge in [0.1, 0.15) is 17.1 Å². The molecule has 10 heteroatoms. The van der Waals surface area contributed by atoms with Crippen LogP contribution in [0.3, 0.4) is 0 Å². The summed E-state index contributed by atoms with van der Waals surface area (Å²) < 4.78 is 28.2. The van der Waals surface area contributed by atoms with E-state index in [1.54, 1.807) is 28.9 Å². The smallest absolute Gasteiger partial charge is 0.257 e. The number of anilines is 1. The van der Waals surface area contributed by atoms with E-state index in [2.05, 4.69) is 10.4 Å². The number of aromatic nitrogens is 2. The number of carbonyl (C=O) groups excluding carboxylic acids is 2. The second kappa shape index (κ2) is 9.62. The zero-order valence-electron chi connectivity index (χ0n) is 19.9. The molecule has 1 saturated heterocycles. The quantitative estimate of drug-likeness (QED) is 0.494. The Labute approximate surface area is 207 Å². The number of amides is 2. The van der Waals surface area contributed by atoms with Crippen LogP contribution in [0.15, 0.2) is 48.7 Å². The first-order valence-electron chi connectivity index (χ1n) is 11.9. The second-order valence-corrected chi connectivity index (χ2v) is 9.21. The van der Waals surface area contributed by atoms with Gasteiger partial charge in [-0.15, -0.1) is 0 Å². The predicted molar refractivity (Wildman–Crippen MR) is 129 cm³/mol. The zero-order valence-corrected chi connectivity index (χ0v) is 19.9. The highest BCUT2D eigenvalue weighted by molar-refractivity contribution is 6.04. The number of nitrogens with one attached hydrogen (secondary N) is 1. The summed E-state index contributed by atoms with van der Waals surface area (Å²) >= 11 is 0. The number of aryl methyl sites for hydroxylation is 1. The van der Waals surface area contributed by atoms with Gasteiger partial charge in [0.15, 0.2) is 17.4 Å². The molecule has 0 spiro atoms. The van der Waals surface area contributed by atoms with E-state index in [1.807, 2.05) is 0 Å². The first-order chi connectivity index (χ1) is 17.3. The van der Waals surface area contributed by atoms with E-state index in [0.717, 1.165) is 18.9 Å². The molecule has 1 aliphatic carbocycles. The largest absolute Gasteiger partial charge is 0.485 e. The van der Waals surface area contributed by atoms with Crippen molar-refractivity contribution in [1.82, 2.24) is 14.7 Å². The molecule has 0 bridgehead atoms. The summed E-state index contributed by atoms with van der Waals surface area (Å²) in [5.41, 5.74) is -0.216. The van der Waals surface area contributed by atoms with Crippen LogP contribution in [-0.4, -0.2) is 56.9 Å². The number of carbonyl (C=O) groups is 2. The van der Waals surface area contributed by atoms with Crippen molar-refractivity contribution in [2.45, 2.75) is 31.3 Å². The van der Waals surface area contributed by atoms with Gasteiger partial charge in [-0.25, -0.2) is 4.39 Å². The molecule has 2 fully saturated rings. The van der Waals surface area contributed by atoms with Crippen LogP contribution in [0.4, 0.5) is 10.2 Å². The third-order valence-electron chi connectivity index (χ3n) is 6.33. The van der Waals surface area contributed by atoms with Gasteiger partial charge in [-0.05, 0) is 56.0 Å². The van der Waals surface area contributed by atoms with Gasteiger partial charge in [-0.1, -0.05) is 0 Å². The van der Waals surface area contributed by atoms with Gasteiger partial charge in [-0.2, -0.15) is 5.10 Å². The normalized spacial score (nSPS) is 16.0. The molecular formula is C26H27FN4O5. The third kappa shape index (κ3) is 5.18. The van der Waals surface area contributed by atoms with E-state index in [0.29, 0.717) is 37.5 Å². The van der Waals surface area contributed by atoms with Crippen molar-refractivity contribution in [3.8, 4) is 17.2 Å². The number of benzene rings is 2. The van der Waals surface area contributed by atoms with Gasteiger partial charge in [0.05, 0.1) is 6.61 Å². The van der Waals surface area contributed by atoms with E-state index < -0.39 is 17.3 Å². The summed E-state index contributed by atoms with van der Waals surface area (Å²) in [7, 11) is 1.73. The molecule has 2 aromatic carbocycles. The molecule has 5 rings (SSSR count). The molecule has 0 unspecified atom stereocenters. The van der Waals surface area contributed by atoms with Crippen molar-refractivity contribution in [1.29, 1.82) is 0 Å². The second-order valence-electron chi connectivity index (χ2n) is 9.21. The minimum absolute atomic E-state index is 0.0931. The molecule has 2 aliphatic rings. The van der Waals surface area contributed by atoms with E-state index >= 15 is 0 Å². The molecule has 3 aromatic rings. The topological polar surface area (TPSA) is 106 Å². The monoisotopic (exact) mass is 494 g/mol. The molecule has 1 saturated carbocycles. The maximum atomic E-state index is 14.9. The molecule has 0 radical (unpaired) electrons. The van der Waals surface area contributed by atoms with Gasteiger partial charge >= 0.3 is 0 Å². The SMILES string of the molecule is Cn1ccc(NC(=O)c2cc(Oc3ccc(C(=O)N4CCCC4)cc3F)cc(OC3(CO)CC3)c2)n1. The van der Waals surface area contributed by atoms with Crippen molar-refractivity contribution in [3.05, 3.63) is 65.6 Å². The highest BCUT2D eigenvalue weighted by Gasteiger charge is 2.45. The summed E-state index contributed by atoms with van der Waals surface area (Å²) in [5, 5.41) is 16.5. The van der Waals surface area contributed by atoms with Crippen LogP contribution < -0.4 is 14.8 Å². The maximum Gasteiger partial charge on any atom is 0.257 e. The van der Waals surface area contributed by atoms with Crippen LogP contribution in [0, 0.1) is 5.82 Å². The van der Waals surface area contributed by atoms with Crippen LogP contribution in [-0.2, 0) is 7.05 Å². The first kappa shape index (κ1) is 23.8. The number of hydrogen-bond acceptors (Lipinski definition) is 6. The lowest BCUT2D eigenvalue weighted by Gasteiger charge is -2.18. The Morgan fingerprint density at radius 2 is 1.83 bits per heavy atom. The van der Waals surface area contributed by atoms with Crippen LogP contribution in [0.25, 0.3) is 0 Å². The highest BCUT2D eigenvalue weighted by atomic mass is 19.1. The van der Waals surface area contributed by atoms with E-state index in [1.165, 1.54) is 30.3 Å². The fourth-order valence-corrected chi connectivity index (χ4v) is 4.12. The number of nitrogens with zero attached hydrogens (tertiary/aromatic N) is 3. The Morgan fingerprint density at radius 3 is 2.47 bits per heavy atom. The number of ether oxygens (including phenoxy) is 2. The minimum Gasteiger partial charge on any atom is -0.485 e. The zero-order chi connectivity index (χ0) is 25.3. The Bertz CT molecular complexity index is 1300. The Hall–Kier alpha value is -3.92. The van der Waals surface area contributed by atoms with Crippen LogP contribution in [0.1, 0.15) is 46.4 Å². The average molecular weight is 495 g/mol. The van der Waals surface area contributed by atoms with Gasteiger partial charge in [-0.3, -0.25) is 14.3 Å². The number of hydrogen-bond donors (Lipinski definition) is 2. The fourth-order valence-electron chi connectivity index (χ4n) is 4.12. The number of rotatable bonds is 8. The number of halogens is 1. The Balaban J connectivity index is 1.39. The lowest BCUT2D eigenvalue weighted by molar-refractivity contribution is 0.0792. The van der Waals surface area contributed by atoms with Crippen LogP contribution >= 0.6 is 0 Å². The average Bonchev–Trinajstić information content (AvgIpc) is 3.22. The van der Waals surface area contributed by atoms with Crippen molar-refractivity contribution < 1.29 is 28.6 Å². The molecule has 1 aromatic heterocycles. The summed E-state index contributed by atoms with van der Waals surface area (Å²) in [5.74, 6) is -0.596. The highest BCUT2D eigenvalue weighted by Crippen LogP contribution is 2.41. The molecule has 2 N–H and O–H groups in total. The van der Waals surface area contributed by atoms with Gasteiger partial charge in [0.25, 0.3) is 11.8 Å². The van der Waals surface area contributed by atoms with E-state index in [4.69, 9.17) is 9.47 Å². The fraction of sp³-hybridized carbons (Fsp3) is 0.346. The van der Waals surface area contributed by atoms with Crippen LogP contribution in [0.2, 0.25) is 0 Å². The van der Waals surface area contributed by atoms with E-state index in [-0.39, 0.29) is 35.1 Å². The van der Waals surface area contributed by atoms with Crippen molar-refractivity contribution in [2.75, 3.05) is 25.0 Å². The summed E-state index contributed by atoms with van der Waals surface area (Å²) in [6.07, 6.45) is 4.96. The van der Waals surface area contributed by atoms with Gasteiger partial charge < -0.3 is 24.8 Å². The molecule has 0 atom stereocenters. The van der Waals surface area contributed by atoms with Crippen molar-refractivity contribution in [2.24, 2.45) is 7.05 Å². The first-order valence-corrected chi connectivity index (χ1v) is 11.9. The van der Waals surface area contributed by atoms with Gasteiger partial charge in [0.2, 0.25) is 0 Å². The van der Waals surface area contributed by atoms with Crippen LogP contribution in [0.5, 0.6) is 17.2 Å². The number of aliphatic hydroxyl groups excluding tert-OH is 1. The number of aliphatic hydroxyl groups is 1. The Kier molecular flexibility index (Phi) is 6.36. The van der Waals surface area contributed by atoms with Gasteiger partial charge in [0, 0.05) is 49.6 Å². The Morgan fingerprint density at radius 1 is 1.08 bits per heavy atom. The lowest BCUT2D eigenvalue weighted by Crippen LogP contribution is -2.27. The molecule has 9 nitrogen and oxygen atoms in total. The standard InChI is InChI=1S/C26H27FN4O5/c1-30-11-6-23(29-30)28-24(33)18-12-19(15-20(13-18)36-26(16-32)7-8-26)35-22-5-4-17(14-21(22)27)25(34)31-9-2-3-10-31/h4-6,11-15,32H,2-3,7-10,16H2,1H3,(H,28,29,33). The van der Waals surface area contributed by atoms with Crippen molar-refractivity contribution >= 4 is 17.6 Å².